The van der Waals surface area contributed by atoms with Crippen LogP contribution in [0.5, 0.6) is 0 Å². The van der Waals surface area contributed by atoms with Crippen molar-refractivity contribution in [1.82, 2.24) is 0 Å². The molecule has 0 unspecified atom stereocenters. The quantitative estimate of drug-likeness (QED) is 0.848. The van der Waals surface area contributed by atoms with E-state index in [0.717, 1.165) is 16.8 Å². The highest BCUT2D eigenvalue weighted by molar-refractivity contribution is 5.45. The Bertz CT molecular complexity index is 496. The molecule has 0 saturated carbocycles. The molecule has 3 heteroatoms. The first kappa shape index (κ1) is 12.6. The zero-order chi connectivity index (χ0) is 12.8. The Labute approximate surface area is 106 Å². The minimum absolute atomic E-state index is 0.163. The summed E-state index contributed by atoms with van der Waals surface area (Å²) in [4.78, 5) is 0. The molecule has 0 aliphatic heterocycles. The number of halogens is 1. The topological polar surface area (TPSA) is 32.3 Å². The molecule has 0 saturated heterocycles. The van der Waals surface area contributed by atoms with Gasteiger partial charge in [0, 0.05) is 18.8 Å². The van der Waals surface area contributed by atoms with Crippen LogP contribution in [0.1, 0.15) is 11.1 Å². The smallest absolute Gasteiger partial charge is 0.123 e. The molecule has 0 radical (unpaired) electrons. The molecule has 2 nitrogen and oxygen atoms in total. The second-order valence-electron chi connectivity index (χ2n) is 4.15. The zero-order valence-corrected chi connectivity index (χ0v) is 10.1. The Hall–Kier alpha value is -1.87. The number of hydrogen-bond donors (Lipinski definition) is 2. The van der Waals surface area contributed by atoms with Crippen LogP contribution in [0.3, 0.4) is 0 Å². The van der Waals surface area contributed by atoms with Crippen LogP contribution in [-0.2, 0) is 13.0 Å². The summed E-state index contributed by atoms with van der Waals surface area (Å²) in [7, 11) is 0. The average molecular weight is 245 g/mol. The number of anilines is 1. The maximum Gasteiger partial charge on any atom is 0.123 e. The standard InChI is InChI=1S/C15H16FNO/c16-14-3-1-2-13(10-14)11-17-15-6-4-12(5-7-15)8-9-18/h1-7,10,17-18H,8-9,11H2. The lowest BCUT2D eigenvalue weighted by molar-refractivity contribution is 0.299. The van der Waals surface area contributed by atoms with Crippen molar-refractivity contribution < 1.29 is 9.50 Å². The van der Waals surface area contributed by atoms with Gasteiger partial charge in [-0.05, 0) is 41.8 Å². The summed E-state index contributed by atoms with van der Waals surface area (Å²) in [6.45, 7) is 0.757. The van der Waals surface area contributed by atoms with Crippen LogP contribution in [0.15, 0.2) is 48.5 Å². The number of aliphatic hydroxyl groups is 1. The number of nitrogens with one attached hydrogen (secondary N) is 1. The number of hydrogen-bond acceptors (Lipinski definition) is 2. The Balaban J connectivity index is 1.93. The van der Waals surface area contributed by atoms with E-state index < -0.39 is 0 Å². The highest BCUT2D eigenvalue weighted by Gasteiger charge is 1.97. The fourth-order valence-corrected chi connectivity index (χ4v) is 1.77. The van der Waals surface area contributed by atoms with Gasteiger partial charge in [-0.25, -0.2) is 4.39 Å². The summed E-state index contributed by atoms with van der Waals surface area (Å²) in [5.41, 5.74) is 3.00. The fraction of sp³-hybridized carbons (Fsp3) is 0.200. The number of rotatable bonds is 5. The van der Waals surface area contributed by atoms with Crippen LogP contribution in [0.2, 0.25) is 0 Å². The van der Waals surface area contributed by atoms with Crippen molar-refractivity contribution in [3.05, 3.63) is 65.5 Å². The molecule has 0 aliphatic carbocycles. The molecule has 0 fully saturated rings. The van der Waals surface area contributed by atoms with E-state index in [0.29, 0.717) is 13.0 Å². The van der Waals surface area contributed by atoms with Crippen molar-refractivity contribution in [2.24, 2.45) is 0 Å². The third-order valence-corrected chi connectivity index (χ3v) is 2.74. The fourth-order valence-electron chi connectivity index (χ4n) is 1.77. The Morgan fingerprint density at radius 1 is 1.00 bits per heavy atom. The molecule has 2 aromatic carbocycles. The zero-order valence-electron chi connectivity index (χ0n) is 10.1. The van der Waals surface area contributed by atoms with E-state index in [-0.39, 0.29) is 12.4 Å². The normalized spacial score (nSPS) is 10.3. The molecule has 94 valence electrons. The molecule has 2 N–H and O–H groups in total. The van der Waals surface area contributed by atoms with Crippen LogP contribution in [-0.4, -0.2) is 11.7 Å². The molecular weight excluding hydrogens is 229 g/mol. The first-order valence-electron chi connectivity index (χ1n) is 5.96. The maximum atomic E-state index is 13.0. The molecular formula is C15H16FNO. The van der Waals surface area contributed by atoms with Gasteiger partial charge in [-0.3, -0.25) is 0 Å². The van der Waals surface area contributed by atoms with Gasteiger partial charge in [-0.2, -0.15) is 0 Å². The molecule has 2 aromatic rings. The van der Waals surface area contributed by atoms with Gasteiger partial charge in [0.05, 0.1) is 0 Å². The van der Waals surface area contributed by atoms with Crippen molar-refractivity contribution in [3.8, 4) is 0 Å². The highest BCUT2D eigenvalue weighted by atomic mass is 19.1. The second-order valence-corrected chi connectivity index (χ2v) is 4.15. The lowest BCUT2D eigenvalue weighted by Crippen LogP contribution is -2.00. The van der Waals surface area contributed by atoms with E-state index in [2.05, 4.69) is 5.32 Å². The Morgan fingerprint density at radius 2 is 1.78 bits per heavy atom. The van der Waals surface area contributed by atoms with Gasteiger partial charge >= 0.3 is 0 Å². The Morgan fingerprint density at radius 3 is 2.44 bits per heavy atom. The summed E-state index contributed by atoms with van der Waals surface area (Å²) < 4.78 is 13.0. The van der Waals surface area contributed by atoms with Crippen LogP contribution in [0, 0.1) is 5.82 Å². The summed E-state index contributed by atoms with van der Waals surface area (Å²) in [5.74, 6) is -0.215. The Kier molecular flexibility index (Phi) is 4.31. The van der Waals surface area contributed by atoms with E-state index in [9.17, 15) is 4.39 Å². The van der Waals surface area contributed by atoms with Crippen LogP contribution < -0.4 is 5.32 Å². The van der Waals surface area contributed by atoms with Crippen molar-refractivity contribution in [2.45, 2.75) is 13.0 Å². The van der Waals surface area contributed by atoms with E-state index in [1.54, 1.807) is 6.07 Å². The summed E-state index contributed by atoms with van der Waals surface area (Å²) in [5, 5.41) is 12.0. The van der Waals surface area contributed by atoms with Crippen LogP contribution in [0.25, 0.3) is 0 Å². The molecule has 0 atom stereocenters. The minimum Gasteiger partial charge on any atom is -0.396 e. The van der Waals surface area contributed by atoms with Crippen molar-refractivity contribution in [2.75, 3.05) is 11.9 Å². The van der Waals surface area contributed by atoms with Gasteiger partial charge < -0.3 is 10.4 Å². The lowest BCUT2D eigenvalue weighted by atomic mass is 10.1. The summed E-state index contributed by atoms with van der Waals surface area (Å²) >= 11 is 0. The maximum absolute atomic E-state index is 13.0. The minimum atomic E-state index is -0.215. The lowest BCUT2D eigenvalue weighted by Gasteiger charge is -2.07. The average Bonchev–Trinajstić information content (AvgIpc) is 2.38. The molecule has 0 aromatic heterocycles. The van der Waals surface area contributed by atoms with Crippen LogP contribution in [0.4, 0.5) is 10.1 Å². The summed E-state index contributed by atoms with van der Waals surface area (Å²) in [6, 6.07) is 14.4. The number of aliphatic hydroxyl groups excluding tert-OH is 1. The van der Waals surface area contributed by atoms with Gasteiger partial charge in [0.2, 0.25) is 0 Å². The van der Waals surface area contributed by atoms with E-state index in [1.807, 2.05) is 30.3 Å². The highest BCUT2D eigenvalue weighted by Crippen LogP contribution is 2.12. The van der Waals surface area contributed by atoms with Gasteiger partial charge in [0.25, 0.3) is 0 Å². The van der Waals surface area contributed by atoms with Gasteiger partial charge in [-0.15, -0.1) is 0 Å². The third-order valence-electron chi connectivity index (χ3n) is 2.74. The molecule has 0 bridgehead atoms. The van der Waals surface area contributed by atoms with E-state index in [4.69, 9.17) is 5.11 Å². The number of benzene rings is 2. The van der Waals surface area contributed by atoms with Crippen LogP contribution >= 0.6 is 0 Å². The second kappa shape index (κ2) is 6.17. The monoisotopic (exact) mass is 245 g/mol. The van der Waals surface area contributed by atoms with Crippen molar-refractivity contribution >= 4 is 5.69 Å². The first-order valence-corrected chi connectivity index (χ1v) is 5.96. The van der Waals surface area contributed by atoms with E-state index >= 15 is 0 Å². The molecule has 0 heterocycles. The first-order chi connectivity index (χ1) is 8.78. The molecule has 0 amide bonds. The van der Waals surface area contributed by atoms with Gasteiger partial charge in [0.15, 0.2) is 0 Å². The predicted octanol–water partition coefficient (Wildman–Crippen LogP) is 2.97. The van der Waals surface area contributed by atoms with Crippen molar-refractivity contribution in [3.63, 3.8) is 0 Å². The molecule has 0 spiro atoms. The molecule has 0 aliphatic rings. The molecule has 2 rings (SSSR count). The largest absolute Gasteiger partial charge is 0.396 e. The van der Waals surface area contributed by atoms with Gasteiger partial charge in [0.1, 0.15) is 5.82 Å². The van der Waals surface area contributed by atoms with Crippen molar-refractivity contribution in [1.29, 1.82) is 0 Å². The van der Waals surface area contributed by atoms with E-state index in [1.165, 1.54) is 12.1 Å². The SMILES string of the molecule is OCCc1ccc(NCc2cccc(F)c2)cc1. The third kappa shape index (κ3) is 3.57. The predicted molar refractivity (Wildman–Crippen MR) is 71.0 cm³/mol. The van der Waals surface area contributed by atoms with Gasteiger partial charge in [-0.1, -0.05) is 24.3 Å². The summed E-state index contributed by atoms with van der Waals surface area (Å²) in [6.07, 6.45) is 0.671. The molecule has 18 heavy (non-hydrogen) atoms.